The number of benzene rings is 1. The van der Waals surface area contributed by atoms with E-state index in [0.29, 0.717) is 10.0 Å². The number of nitrogens with one attached hydrogen (secondary N) is 1. The van der Waals surface area contributed by atoms with Gasteiger partial charge < -0.3 is 5.11 Å². The maximum absolute atomic E-state index is 12.1. The fourth-order valence-electron chi connectivity index (χ4n) is 1.38. The summed E-state index contributed by atoms with van der Waals surface area (Å²) in [6.45, 7) is 1.58. The van der Waals surface area contributed by atoms with Crippen LogP contribution < -0.4 is 4.72 Å². The minimum absolute atomic E-state index is 0.00132. The van der Waals surface area contributed by atoms with Crippen molar-refractivity contribution in [3.05, 3.63) is 27.7 Å². The van der Waals surface area contributed by atoms with E-state index >= 15 is 0 Å². The van der Waals surface area contributed by atoms with Gasteiger partial charge in [0.2, 0.25) is 5.13 Å². The summed E-state index contributed by atoms with van der Waals surface area (Å²) in [5.74, 6) is -1.21. The molecule has 1 aromatic heterocycles. The van der Waals surface area contributed by atoms with Gasteiger partial charge in [0, 0.05) is 16.0 Å². The van der Waals surface area contributed by atoms with E-state index in [4.69, 9.17) is 5.11 Å². The Balaban J connectivity index is 2.49. The number of rotatable bonds is 4. The summed E-state index contributed by atoms with van der Waals surface area (Å²) in [6.07, 6.45) is 0. The van der Waals surface area contributed by atoms with Crippen molar-refractivity contribution in [1.29, 1.82) is 0 Å². The first-order valence-corrected chi connectivity index (χ1v) is 8.07. The molecular formula is C9H7BrN4O4S2. The van der Waals surface area contributed by atoms with Crippen LogP contribution >= 0.6 is 27.5 Å². The third-order valence-electron chi connectivity index (χ3n) is 2.38. The van der Waals surface area contributed by atoms with Gasteiger partial charge in [-0.1, -0.05) is 25.5 Å². The molecule has 0 radical (unpaired) electrons. The van der Waals surface area contributed by atoms with Crippen LogP contribution in [0.4, 0.5) is 5.13 Å². The normalized spacial score (nSPS) is 11.3. The number of halogens is 1. The molecule has 0 aliphatic rings. The Morgan fingerprint density at radius 1 is 1.45 bits per heavy atom. The van der Waals surface area contributed by atoms with Crippen LogP contribution in [0.1, 0.15) is 15.9 Å². The quantitative estimate of drug-likeness (QED) is 0.825. The largest absolute Gasteiger partial charge is 0.478 e. The number of carboxylic acid groups (broad SMARTS) is 1. The van der Waals surface area contributed by atoms with E-state index in [2.05, 4.69) is 35.5 Å². The first kappa shape index (κ1) is 14.8. The van der Waals surface area contributed by atoms with Crippen LogP contribution in [-0.4, -0.2) is 34.3 Å². The molecular weight excluding hydrogens is 372 g/mol. The summed E-state index contributed by atoms with van der Waals surface area (Å²) in [5.41, 5.74) is 0.337. The molecule has 0 aliphatic heterocycles. The van der Waals surface area contributed by atoms with Crippen molar-refractivity contribution in [2.45, 2.75) is 11.8 Å². The lowest BCUT2D eigenvalue weighted by Gasteiger charge is -2.09. The summed E-state index contributed by atoms with van der Waals surface area (Å²) >= 11 is 3.91. The van der Waals surface area contributed by atoms with Gasteiger partial charge in [-0.25, -0.2) is 13.2 Å². The van der Waals surface area contributed by atoms with Gasteiger partial charge in [-0.2, -0.15) is 0 Å². The highest BCUT2D eigenvalue weighted by Crippen LogP contribution is 2.26. The average Bonchev–Trinajstić information content (AvgIpc) is 2.83. The van der Waals surface area contributed by atoms with Crippen molar-refractivity contribution < 1.29 is 18.3 Å². The summed E-state index contributed by atoms with van der Waals surface area (Å²) in [7, 11) is -3.95. The van der Waals surface area contributed by atoms with Gasteiger partial charge in [-0.15, -0.1) is 0 Å². The molecule has 0 bridgehead atoms. The smallest absolute Gasteiger partial charge is 0.336 e. The maximum atomic E-state index is 12.1. The van der Waals surface area contributed by atoms with Gasteiger partial charge in [0.1, 0.15) is 0 Å². The van der Waals surface area contributed by atoms with Crippen molar-refractivity contribution in [1.82, 2.24) is 14.8 Å². The molecule has 20 heavy (non-hydrogen) atoms. The van der Waals surface area contributed by atoms with Gasteiger partial charge >= 0.3 is 5.97 Å². The number of anilines is 1. The third-order valence-corrected chi connectivity index (χ3v) is 5.16. The number of sulfonamides is 1. The number of nitrogens with zero attached hydrogens (tertiary/aromatic N) is 3. The Morgan fingerprint density at radius 2 is 2.15 bits per heavy atom. The predicted octanol–water partition coefficient (Wildman–Crippen LogP) is 1.50. The third kappa shape index (κ3) is 2.94. The molecule has 0 unspecified atom stereocenters. The van der Waals surface area contributed by atoms with Crippen LogP contribution in [0, 0.1) is 6.92 Å². The Bertz CT molecular complexity index is 761. The number of aromatic carboxylic acids is 1. The standard InChI is InChI=1S/C9H7BrN4O4S2/c1-4-6(8(15)16)2-5(3-7(4)10)20(17,18)12-9-11-13-14-19-9/h2-3H,1H3,(H,15,16)(H,11,12,14). The van der Waals surface area contributed by atoms with Crippen LogP contribution in [-0.2, 0) is 10.0 Å². The molecule has 106 valence electrons. The number of hydrogen-bond acceptors (Lipinski definition) is 7. The zero-order chi connectivity index (χ0) is 14.9. The zero-order valence-corrected chi connectivity index (χ0v) is 13.1. The van der Waals surface area contributed by atoms with E-state index in [1.54, 1.807) is 6.92 Å². The zero-order valence-electron chi connectivity index (χ0n) is 9.86. The maximum Gasteiger partial charge on any atom is 0.336 e. The van der Waals surface area contributed by atoms with Crippen molar-refractivity contribution in [2.24, 2.45) is 0 Å². The number of aromatic nitrogens is 3. The lowest BCUT2D eigenvalue weighted by molar-refractivity contribution is 0.0695. The highest BCUT2D eigenvalue weighted by Gasteiger charge is 2.21. The predicted molar refractivity (Wildman–Crippen MR) is 74.4 cm³/mol. The molecule has 0 aliphatic carbocycles. The summed E-state index contributed by atoms with van der Waals surface area (Å²) in [4.78, 5) is 10.9. The molecule has 1 aromatic carbocycles. The van der Waals surface area contributed by atoms with Crippen LogP contribution in [0.5, 0.6) is 0 Å². The first-order valence-electron chi connectivity index (χ1n) is 5.02. The molecule has 0 spiro atoms. The minimum atomic E-state index is -3.95. The SMILES string of the molecule is Cc1c(Br)cc(S(=O)(=O)Nc2nnns2)cc1C(=O)O. The van der Waals surface area contributed by atoms with Crippen LogP contribution in [0.15, 0.2) is 21.5 Å². The Morgan fingerprint density at radius 3 is 2.70 bits per heavy atom. The van der Waals surface area contributed by atoms with Crippen molar-refractivity contribution >= 4 is 48.6 Å². The van der Waals surface area contributed by atoms with Gasteiger partial charge in [0.15, 0.2) is 0 Å². The molecule has 8 nitrogen and oxygen atoms in total. The lowest BCUT2D eigenvalue weighted by Crippen LogP contribution is -2.14. The van der Waals surface area contributed by atoms with Crippen molar-refractivity contribution in [2.75, 3.05) is 4.72 Å². The molecule has 0 atom stereocenters. The molecule has 2 aromatic rings. The summed E-state index contributed by atoms with van der Waals surface area (Å²) < 4.78 is 30.2. The van der Waals surface area contributed by atoms with Gasteiger partial charge in [0.05, 0.1) is 10.5 Å². The Hall–Kier alpha value is -1.59. The topological polar surface area (TPSA) is 122 Å². The van der Waals surface area contributed by atoms with E-state index in [1.165, 1.54) is 6.07 Å². The second-order valence-corrected chi connectivity index (χ2v) is 6.93. The summed E-state index contributed by atoms with van der Waals surface area (Å²) in [5, 5.41) is 15.8. The molecule has 1 heterocycles. The van der Waals surface area contributed by atoms with Gasteiger partial charge in [-0.05, 0) is 29.8 Å². The fraction of sp³-hybridized carbons (Fsp3) is 0.111. The molecule has 2 N–H and O–H groups in total. The first-order chi connectivity index (χ1) is 9.31. The van der Waals surface area contributed by atoms with Crippen LogP contribution in [0.2, 0.25) is 0 Å². The number of carbonyl (C=O) groups is 1. The molecule has 0 saturated carbocycles. The second-order valence-electron chi connectivity index (χ2n) is 3.66. The molecule has 2 rings (SSSR count). The van der Waals surface area contributed by atoms with E-state index in [-0.39, 0.29) is 15.6 Å². The second kappa shape index (κ2) is 5.42. The number of hydrogen-bond donors (Lipinski definition) is 2. The molecule has 0 saturated heterocycles. The monoisotopic (exact) mass is 378 g/mol. The van der Waals surface area contributed by atoms with E-state index < -0.39 is 16.0 Å². The molecule has 0 fully saturated rings. The number of carboxylic acids is 1. The average molecular weight is 379 g/mol. The minimum Gasteiger partial charge on any atom is -0.478 e. The Kier molecular flexibility index (Phi) is 4.01. The van der Waals surface area contributed by atoms with Crippen molar-refractivity contribution in [3.63, 3.8) is 0 Å². The van der Waals surface area contributed by atoms with Crippen LogP contribution in [0.3, 0.4) is 0 Å². The highest BCUT2D eigenvalue weighted by molar-refractivity contribution is 9.10. The molecule has 11 heteroatoms. The van der Waals surface area contributed by atoms with Gasteiger partial charge in [-0.3, -0.25) is 4.72 Å². The highest BCUT2D eigenvalue weighted by atomic mass is 79.9. The van der Waals surface area contributed by atoms with Crippen molar-refractivity contribution in [3.8, 4) is 0 Å². The Labute approximate surface area is 126 Å². The van der Waals surface area contributed by atoms with E-state index in [1.807, 2.05) is 0 Å². The lowest BCUT2D eigenvalue weighted by atomic mass is 10.1. The van der Waals surface area contributed by atoms with Crippen LogP contribution in [0.25, 0.3) is 0 Å². The molecule has 0 amide bonds. The summed E-state index contributed by atoms with van der Waals surface area (Å²) in [6, 6.07) is 2.40. The van der Waals surface area contributed by atoms with E-state index in [9.17, 15) is 13.2 Å². The van der Waals surface area contributed by atoms with Gasteiger partial charge in [0.25, 0.3) is 10.0 Å². The fourth-order valence-corrected chi connectivity index (χ4v) is 3.63. The van der Waals surface area contributed by atoms with E-state index in [0.717, 1.165) is 17.6 Å².